The number of carbonyl (C=O) groups excluding carboxylic acids is 2. The van der Waals surface area contributed by atoms with Crippen molar-refractivity contribution in [2.24, 2.45) is 0 Å². The summed E-state index contributed by atoms with van der Waals surface area (Å²) in [6, 6.07) is 17.8. The molecule has 0 bridgehead atoms. The van der Waals surface area contributed by atoms with Crippen LogP contribution in [0.4, 0.5) is 0 Å². The number of nitrogens with zero attached hydrogens (tertiary/aromatic N) is 2. The van der Waals surface area contributed by atoms with Crippen LogP contribution in [0.25, 0.3) is 0 Å². The summed E-state index contributed by atoms with van der Waals surface area (Å²) >= 11 is 1.65. The van der Waals surface area contributed by atoms with E-state index in [4.69, 9.17) is 0 Å². The van der Waals surface area contributed by atoms with E-state index in [0.29, 0.717) is 24.4 Å². The molecule has 0 aromatic heterocycles. The van der Waals surface area contributed by atoms with Gasteiger partial charge in [-0.15, -0.1) is 11.8 Å². The molecule has 32 heavy (non-hydrogen) atoms. The van der Waals surface area contributed by atoms with Crippen molar-refractivity contribution in [3.63, 3.8) is 0 Å². The summed E-state index contributed by atoms with van der Waals surface area (Å²) in [6.07, 6.45) is 6.28. The molecule has 6 heteroatoms. The van der Waals surface area contributed by atoms with E-state index in [2.05, 4.69) is 10.2 Å². The van der Waals surface area contributed by atoms with Gasteiger partial charge in [0, 0.05) is 18.7 Å². The van der Waals surface area contributed by atoms with E-state index in [1.165, 1.54) is 38.8 Å². The van der Waals surface area contributed by atoms with Crippen molar-refractivity contribution in [1.29, 1.82) is 0 Å². The van der Waals surface area contributed by atoms with E-state index in [1.54, 1.807) is 11.8 Å². The van der Waals surface area contributed by atoms with Crippen molar-refractivity contribution < 1.29 is 9.59 Å². The second kappa shape index (κ2) is 11.5. The molecule has 0 spiro atoms. The second-order valence-corrected chi connectivity index (χ2v) is 9.73. The highest BCUT2D eigenvalue weighted by molar-refractivity contribution is 8.00. The Morgan fingerprint density at radius 2 is 1.69 bits per heavy atom. The minimum Gasteiger partial charge on any atom is -0.352 e. The van der Waals surface area contributed by atoms with Gasteiger partial charge in [-0.1, -0.05) is 55.3 Å². The predicted molar refractivity (Wildman–Crippen MR) is 130 cm³/mol. The molecule has 2 fully saturated rings. The fourth-order valence-electron chi connectivity index (χ4n) is 4.45. The molecule has 0 aliphatic carbocycles. The van der Waals surface area contributed by atoms with Gasteiger partial charge in [0.15, 0.2) is 0 Å². The van der Waals surface area contributed by atoms with Crippen molar-refractivity contribution in [2.45, 2.75) is 44.0 Å². The molecule has 2 aromatic carbocycles. The second-order valence-electron chi connectivity index (χ2n) is 8.66. The number of nitrogens with one attached hydrogen (secondary N) is 1. The molecule has 2 saturated heterocycles. The molecule has 1 N–H and O–H groups in total. The van der Waals surface area contributed by atoms with Crippen molar-refractivity contribution >= 4 is 23.6 Å². The fraction of sp³-hybridized carbons (Fsp3) is 0.462. The number of hydrogen-bond acceptors (Lipinski definition) is 4. The zero-order valence-corrected chi connectivity index (χ0v) is 19.5. The molecule has 0 radical (unpaired) electrons. The van der Waals surface area contributed by atoms with Crippen LogP contribution in [0.15, 0.2) is 54.6 Å². The zero-order chi connectivity index (χ0) is 22.2. The van der Waals surface area contributed by atoms with Gasteiger partial charge in [0.2, 0.25) is 5.91 Å². The highest BCUT2D eigenvalue weighted by atomic mass is 32.2. The summed E-state index contributed by atoms with van der Waals surface area (Å²) in [5.41, 5.74) is 2.87. The Bertz CT molecular complexity index is 880. The summed E-state index contributed by atoms with van der Waals surface area (Å²) in [5, 5.41) is 3.05. The highest BCUT2D eigenvalue weighted by Gasteiger charge is 2.32. The lowest BCUT2D eigenvalue weighted by atomic mass is 10.1. The molecule has 5 nitrogen and oxygen atoms in total. The van der Waals surface area contributed by atoms with Gasteiger partial charge in [-0.3, -0.25) is 9.59 Å². The van der Waals surface area contributed by atoms with E-state index >= 15 is 0 Å². The SMILES string of the molecule is O=C(NCCCN1CCCCCC1)c1ccc([C@H]2SCC(=O)N2Cc2ccccc2)cc1. The lowest BCUT2D eigenvalue weighted by Gasteiger charge is -2.24. The summed E-state index contributed by atoms with van der Waals surface area (Å²) in [6.45, 7) is 4.76. The molecular weight excluding hydrogens is 418 g/mol. The minimum absolute atomic E-state index is 0.00607. The number of likely N-dealkylation sites (tertiary alicyclic amines) is 1. The molecular formula is C26H33N3O2S. The maximum absolute atomic E-state index is 12.5. The number of carbonyl (C=O) groups is 2. The van der Waals surface area contributed by atoms with Gasteiger partial charge in [0.25, 0.3) is 5.91 Å². The summed E-state index contributed by atoms with van der Waals surface area (Å²) < 4.78 is 0. The molecule has 0 unspecified atom stereocenters. The van der Waals surface area contributed by atoms with Crippen molar-refractivity contribution in [2.75, 3.05) is 31.9 Å². The van der Waals surface area contributed by atoms with Crippen LogP contribution in [0.1, 0.15) is 59.0 Å². The first-order valence-corrected chi connectivity index (χ1v) is 12.8. The molecule has 2 amide bonds. The van der Waals surface area contributed by atoms with Gasteiger partial charge in [-0.05, 0) is 62.2 Å². The highest BCUT2D eigenvalue weighted by Crippen LogP contribution is 2.39. The van der Waals surface area contributed by atoms with E-state index in [1.807, 2.05) is 59.5 Å². The molecule has 2 aliphatic rings. The maximum atomic E-state index is 12.5. The van der Waals surface area contributed by atoms with Crippen molar-refractivity contribution in [1.82, 2.24) is 15.1 Å². The van der Waals surface area contributed by atoms with Crippen LogP contribution in [-0.2, 0) is 11.3 Å². The van der Waals surface area contributed by atoms with Gasteiger partial charge in [-0.2, -0.15) is 0 Å². The Balaban J connectivity index is 1.28. The summed E-state index contributed by atoms with van der Waals surface area (Å²) in [4.78, 5) is 29.5. The van der Waals surface area contributed by atoms with Crippen molar-refractivity contribution in [3.05, 3.63) is 71.3 Å². The quantitative estimate of drug-likeness (QED) is 0.602. The first-order chi connectivity index (χ1) is 15.7. The van der Waals surface area contributed by atoms with Gasteiger partial charge in [0.1, 0.15) is 5.37 Å². The number of amides is 2. The van der Waals surface area contributed by atoms with E-state index in [9.17, 15) is 9.59 Å². The van der Waals surface area contributed by atoms with E-state index < -0.39 is 0 Å². The first-order valence-electron chi connectivity index (χ1n) is 11.8. The lowest BCUT2D eigenvalue weighted by molar-refractivity contribution is -0.128. The molecule has 2 aliphatic heterocycles. The monoisotopic (exact) mass is 451 g/mol. The standard InChI is InChI=1S/C26H33N3O2S/c30-24-20-32-26(29(24)19-21-9-4-3-5-10-21)23-13-11-22(12-14-23)25(31)27-15-8-18-28-16-6-1-2-7-17-28/h3-5,9-14,26H,1-2,6-8,15-20H2,(H,27,31)/t26-/m1/s1. The van der Waals surface area contributed by atoms with Gasteiger partial charge in [-0.25, -0.2) is 0 Å². The summed E-state index contributed by atoms with van der Waals surface area (Å²) in [7, 11) is 0. The minimum atomic E-state index is -0.0243. The molecule has 2 aromatic rings. The van der Waals surface area contributed by atoms with Crippen LogP contribution in [0, 0.1) is 0 Å². The predicted octanol–water partition coefficient (Wildman–Crippen LogP) is 4.46. The van der Waals surface area contributed by atoms with Crippen LogP contribution in [0.3, 0.4) is 0 Å². The Morgan fingerprint density at radius 3 is 2.41 bits per heavy atom. The molecule has 2 heterocycles. The number of rotatable bonds is 8. The van der Waals surface area contributed by atoms with Crippen LogP contribution < -0.4 is 5.32 Å². The third kappa shape index (κ3) is 6.14. The molecule has 4 rings (SSSR count). The third-order valence-corrected chi connectivity index (χ3v) is 7.51. The number of benzene rings is 2. The largest absolute Gasteiger partial charge is 0.352 e. The Hall–Kier alpha value is -2.31. The molecule has 170 valence electrons. The Kier molecular flexibility index (Phi) is 8.24. The Morgan fingerprint density at radius 1 is 0.969 bits per heavy atom. The third-order valence-electron chi connectivity index (χ3n) is 6.26. The average molecular weight is 452 g/mol. The van der Waals surface area contributed by atoms with E-state index in [-0.39, 0.29) is 17.2 Å². The Labute approximate surface area is 195 Å². The van der Waals surface area contributed by atoms with Gasteiger partial charge < -0.3 is 15.1 Å². The molecule has 0 saturated carbocycles. The zero-order valence-electron chi connectivity index (χ0n) is 18.7. The van der Waals surface area contributed by atoms with E-state index in [0.717, 1.165) is 24.1 Å². The van der Waals surface area contributed by atoms with Gasteiger partial charge >= 0.3 is 0 Å². The topological polar surface area (TPSA) is 52.7 Å². The molecule has 1 atom stereocenters. The lowest BCUT2D eigenvalue weighted by Crippen LogP contribution is -2.30. The van der Waals surface area contributed by atoms with Crippen LogP contribution in [0.5, 0.6) is 0 Å². The number of hydrogen-bond donors (Lipinski definition) is 1. The van der Waals surface area contributed by atoms with Crippen LogP contribution >= 0.6 is 11.8 Å². The van der Waals surface area contributed by atoms with Crippen LogP contribution in [-0.4, -0.2) is 53.5 Å². The fourth-order valence-corrected chi connectivity index (χ4v) is 5.63. The van der Waals surface area contributed by atoms with Crippen LogP contribution in [0.2, 0.25) is 0 Å². The average Bonchev–Trinajstić information content (AvgIpc) is 3.01. The van der Waals surface area contributed by atoms with Crippen molar-refractivity contribution in [3.8, 4) is 0 Å². The maximum Gasteiger partial charge on any atom is 0.251 e. The van der Waals surface area contributed by atoms with Gasteiger partial charge in [0.05, 0.1) is 5.75 Å². The summed E-state index contributed by atoms with van der Waals surface area (Å²) in [5.74, 6) is 0.635. The first kappa shape index (κ1) is 22.9. The normalized spacial score (nSPS) is 19.7. The smallest absolute Gasteiger partial charge is 0.251 e. The number of thioether (sulfide) groups is 1.